The third-order valence-corrected chi connectivity index (χ3v) is 5.26. The van der Waals surface area contributed by atoms with Crippen LogP contribution in [0.1, 0.15) is 50.2 Å². The van der Waals surface area contributed by atoms with E-state index >= 15 is 0 Å². The Morgan fingerprint density at radius 2 is 1.67 bits per heavy atom. The van der Waals surface area contributed by atoms with Crippen molar-refractivity contribution in [2.75, 3.05) is 0 Å². The van der Waals surface area contributed by atoms with Gasteiger partial charge in [-0.05, 0) is 55.1 Å². The smallest absolute Gasteiger partial charge is 0.0710 e. The highest BCUT2D eigenvalue weighted by Gasteiger charge is 2.49. The van der Waals surface area contributed by atoms with Gasteiger partial charge in [0.05, 0.1) is 5.60 Å². The van der Waals surface area contributed by atoms with Crippen molar-refractivity contribution < 1.29 is 5.11 Å². The van der Waals surface area contributed by atoms with Crippen LogP contribution in [0.25, 0.3) is 0 Å². The Bertz CT molecular complexity index is 390. The lowest BCUT2D eigenvalue weighted by Gasteiger charge is -2.34. The second-order valence-electron chi connectivity index (χ2n) is 6.24. The minimum atomic E-state index is -0.380. The fraction of sp³-hybridized carbons (Fsp3) is 0.647. The average molecular weight is 244 g/mol. The van der Waals surface area contributed by atoms with Crippen molar-refractivity contribution in [3.8, 4) is 0 Å². The molecule has 98 valence electrons. The molecule has 0 heterocycles. The van der Waals surface area contributed by atoms with Crippen molar-refractivity contribution >= 4 is 0 Å². The fourth-order valence-corrected chi connectivity index (χ4v) is 4.15. The predicted octanol–water partition coefficient (Wildman–Crippen LogP) is 3.73. The summed E-state index contributed by atoms with van der Waals surface area (Å²) >= 11 is 0. The van der Waals surface area contributed by atoms with Crippen molar-refractivity contribution in [1.29, 1.82) is 0 Å². The zero-order valence-corrected chi connectivity index (χ0v) is 11.4. The van der Waals surface area contributed by atoms with Gasteiger partial charge >= 0.3 is 0 Å². The number of benzene rings is 1. The molecule has 18 heavy (non-hydrogen) atoms. The van der Waals surface area contributed by atoms with Crippen LogP contribution in [0.2, 0.25) is 0 Å². The van der Waals surface area contributed by atoms with Gasteiger partial charge in [-0.1, -0.05) is 44.0 Å². The predicted molar refractivity (Wildman–Crippen MR) is 74.5 cm³/mol. The summed E-state index contributed by atoms with van der Waals surface area (Å²) in [5.74, 6) is 0.996. The molecule has 2 aliphatic carbocycles. The molecule has 2 aliphatic rings. The van der Waals surface area contributed by atoms with Gasteiger partial charge in [-0.25, -0.2) is 0 Å². The molecule has 0 aromatic heterocycles. The molecule has 0 aliphatic heterocycles. The first-order valence-electron chi connectivity index (χ1n) is 7.53. The molecule has 1 nitrogen and oxygen atoms in total. The summed E-state index contributed by atoms with van der Waals surface area (Å²) in [6.45, 7) is 2.22. The van der Waals surface area contributed by atoms with E-state index in [0.29, 0.717) is 11.8 Å². The Hall–Kier alpha value is -0.820. The van der Waals surface area contributed by atoms with Gasteiger partial charge in [0.1, 0.15) is 0 Å². The maximum absolute atomic E-state index is 11.2. The normalized spacial score (nSPS) is 34.1. The van der Waals surface area contributed by atoms with E-state index in [9.17, 15) is 5.11 Å². The van der Waals surface area contributed by atoms with E-state index in [2.05, 4.69) is 31.2 Å². The van der Waals surface area contributed by atoms with Crippen LogP contribution in [0.4, 0.5) is 0 Å². The molecular weight excluding hydrogens is 220 g/mol. The largest absolute Gasteiger partial charge is 0.389 e. The van der Waals surface area contributed by atoms with Crippen LogP contribution in [-0.2, 0) is 12.8 Å². The summed E-state index contributed by atoms with van der Waals surface area (Å²) in [5.41, 5.74) is 2.59. The Morgan fingerprint density at radius 1 is 1.11 bits per heavy atom. The number of hydrogen-bond acceptors (Lipinski definition) is 1. The zero-order chi connectivity index (χ0) is 12.6. The van der Waals surface area contributed by atoms with Gasteiger partial charge in [-0.15, -0.1) is 0 Å². The zero-order valence-electron chi connectivity index (χ0n) is 11.4. The van der Waals surface area contributed by atoms with E-state index in [-0.39, 0.29) is 5.60 Å². The van der Waals surface area contributed by atoms with Crippen LogP contribution in [0, 0.1) is 11.8 Å². The highest BCUT2D eigenvalue weighted by atomic mass is 16.3. The van der Waals surface area contributed by atoms with E-state index in [1.807, 2.05) is 0 Å². The lowest BCUT2D eigenvalue weighted by atomic mass is 9.79. The quantitative estimate of drug-likeness (QED) is 0.859. The van der Waals surface area contributed by atoms with Crippen molar-refractivity contribution in [3.05, 3.63) is 35.4 Å². The summed E-state index contributed by atoms with van der Waals surface area (Å²) in [4.78, 5) is 0. The molecule has 0 spiro atoms. The van der Waals surface area contributed by atoms with Crippen molar-refractivity contribution in [2.24, 2.45) is 11.8 Å². The minimum absolute atomic E-state index is 0.380. The standard InChI is InChI=1S/C17H24O/c1-2-3-10-17(18)15-8-9-16(17)12-14-7-5-4-6-13(14)11-15/h4-7,15-16,18H,2-3,8-12H2,1H3. The van der Waals surface area contributed by atoms with Crippen LogP contribution in [0.3, 0.4) is 0 Å². The lowest BCUT2D eigenvalue weighted by Crippen LogP contribution is -2.40. The third kappa shape index (κ3) is 1.89. The van der Waals surface area contributed by atoms with Gasteiger partial charge in [0.25, 0.3) is 0 Å². The van der Waals surface area contributed by atoms with Gasteiger partial charge in [0.2, 0.25) is 0 Å². The van der Waals surface area contributed by atoms with Crippen LogP contribution in [-0.4, -0.2) is 10.7 Å². The molecule has 2 unspecified atom stereocenters. The van der Waals surface area contributed by atoms with E-state index < -0.39 is 0 Å². The maximum atomic E-state index is 11.2. The van der Waals surface area contributed by atoms with Crippen molar-refractivity contribution in [1.82, 2.24) is 0 Å². The number of fused-ring (bicyclic) bond motifs is 3. The number of rotatable bonds is 3. The molecule has 0 saturated heterocycles. The van der Waals surface area contributed by atoms with Crippen molar-refractivity contribution in [3.63, 3.8) is 0 Å². The van der Waals surface area contributed by atoms with Crippen LogP contribution in [0.5, 0.6) is 0 Å². The first-order chi connectivity index (χ1) is 8.74. The maximum Gasteiger partial charge on any atom is 0.0710 e. The first-order valence-corrected chi connectivity index (χ1v) is 7.53. The highest BCUT2D eigenvalue weighted by Crippen LogP contribution is 2.49. The molecular formula is C17H24O. The summed E-state index contributed by atoms with van der Waals surface area (Å²) in [6, 6.07) is 8.80. The summed E-state index contributed by atoms with van der Waals surface area (Å²) in [7, 11) is 0. The van der Waals surface area contributed by atoms with Gasteiger partial charge in [-0.2, -0.15) is 0 Å². The topological polar surface area (TPSA) is 20.2 Å². The van der Waals surface area contributed by atoms with E-state index in [1.165, 1.54) is 36.8 Å². The molecule has 2 bridgehead atoms. The molecule has 0 radical (unpaired) electrons. The first kappa shape index (κ1) is 12.2. The Morgan fingerprint density at radius 3 is 2.17 bits per heavy atom. The van der Waals surface area contributed by atoms with Crippen LogP contribution in [0.15, 0.2) is 24.3 Å². The SMILES string of the molecule is CCCCC1(O)C2CCC1Cc1ccccc1C2. The molecule has 0 amide bonds. The fourth-order valence-electron chi connectivity index (χ4n) is 4.15. The van der Waals surface area contributed by atoms with Gasteiger partial charge in [0, 0.05) is 0 Å². The van der Waals surface area contributed by atoms with E-state index in [1.54, 1.807) is 0 Å². The molecule has 1 heteroatoms. The minimum Gasteiger partial charge on any atom is -0.389 e. The summed E-state index contributed by atoms with van der Waals surface area (Å²) in [6.07, 6.45) is 7.99. The number of hydrogen-bond donors (Lipinski definition) is 1. The molecule has 1 aromatic carbocycles. The third-order valence-electron chi connectivity index (χ3n) is 5.26. The Kier molecular flexibility index (Phi) is 3.19. The number of unbranched alkanes of at least 4 members (excludes halogenated alkanes) is 1. The Labute approximate surface area is 110 Å². The summed E-state index contributed by atoms with van der Waals surface area (Å²) < 4.78 is 0. The van der Waals surface area contributed by atoms with E-state index in [4.69, 9.17) is 0 Å². The molecule has 1 fully saturated rings. The average Bonchev–Trinajstić information content (AvgIpc) is 2.59. The van der Waals surface area contributed by atoms with E-state index in [0.717, 1.165) is 19.3 Å². The van der Waals surface area contributed by atoms with Gasteiger partial charge in [0.15, 0.2) is 0 Å². The number of aliphatic hydroxyl groups is 1. The Balaban J connectivity index is 1.90. The van der Waals surface area contributed by atoms with Crippen LogP contribution < -0.4 is 0 Å². The molecule has 1 saturated carbocycles. The second-order valence-corrected chi connectivity index (χ2v) is 6.24. The lowest BCUT2D eigenvalue weighted by molar-refractivity contribution is -0.0423. The molecule has 2 atom stereocenters. The van der Waals surface area contributed by atoms with Crippen molar-refractivity contribution in [2.45, 2.75) is 57.5 Å². The second kappa shape index (κ2) is 4.70. The monoisotopic (exact) mass is 244 g/mol. The molecule has 1 N–H and O–H groups in total. The molecule has 1 aromatic rings. The van der Waals surface area contributed by atoms with Gasteiger partial charge < -0.3 is 5.11 Å². The molecule has 3 rings (SSSR count). The van der Waals surface area contributed by atoms with Gasteiger partial charge in [-0.3, -0.25) is 0 Å². The highest BCUT2D eigenvalue weighted by molar-refractivity contribution is 5.31. The van der Waals surface area contributed by atoms with Crippen LogP contribution >= 0.6 is 0 Å². The summed E-state index contributed by atoms with van der Waals surface area (Å²) in [5, 5.41) is 11.2.